The van der Waals surface area contributed by atoms with Crippen molar-refractivity contribution in [3.63, 3.8) is 0 Å². The number of benzene rings is 1. The van der Waals surface area contributed by atoms with Crippen molar-refractivity contribution >= 4 is 27.6 Å². The van der Waals surface area contributed by atoms with Gasteiger partial charge in [0, 0.05) is 42.4 Å². The van der Waals surface area contributed by atoms with Crippen molar-refractivity contribution in [3.8, 4) is 0 Å². The van der Waals surface area contributed by atoms with Crippen LogP contribution in [0.4, 0.5) is 5.69 Å². The van der Waals surface area contributed by atoms with Gasteiger partial charge in [-0.3, -0.25) is 0 Å². The maximum Gasteiger partial charge on any atom is 0.191 e. The molecule has 0 saturated carbocycles. The third-order valence-electron chi connectivity index (χ3n) is 4.94. The highest BCUT2D eigenvalue weighted by Gasteiger charge is 2.22. The fourth-order valence-electron chi connectivity index (χ4n) is 3.30. The highest BCUT2D eigenvalue weighted by Crippen LogP contribution is 2.25. The number of nitrogens with zero attached hydrogens (tertiary/aromatic N) is 3. The van der Waals surface area contributed by atoms with Gasteiger partial charge in [-0.05, 0) is 49.4 Å². The van der Waals surface area contributed by atoms with Crippen molar-refractivity contribution in [3.05, 3.63) is 46.3 Å². The highest BCUT2D eigenvalue weighted by molar-refractivity contribution is 9.10. The summed E-state index contributed by atoms with van der Waals surface area (Å²) in [4.78, 5) is 7.10. The monoisotopic (exact) mass is 447 g/mol. The van der Waals surface area contributed by atoms with Crippen LogP contribution in [0.1, 0.15) is 44.6 Å². The van der Waals surface area contributed by atoms with E-state index in [1.807, 2.05) is 6.07 Å². The second kappa shape index (κ2) is 9.96. The number of rotatable bonds is 7. The van der Waals surface area contributed by atoms with E-state index in [1.54, 1.807) is 0 Å². The van der Waals surface area contributed by atoms with E-state index in [4.69, 9.17) is 4.52 Å². The lowest BCUT2D eigenvalue weighted by atomic mass is 10.1. The van der Waals surface area contributed by atoms with Gasteiger partial charge in [-0.1, -0.05) is 34.9 Å². The summed E-state index contributed by atoms with van der Waals surface area (Å²) in [6.45, 7) is 10.7. The summed E-state index contributed by atoms with van der Waals surface area (Å²) in [6.07, 6.45) is 1.18. The Hall–Kier alpha value is -2.02. The normalized spacial score (nSPS) is 17.4. The second-order valence-electron chi connectivity index (χ2n) is 7.53. The van der Waals surface area contributed by atoms with Crippen molar-refractivity contribution in [1.82, 2.24) is 15.8 Å². The lowest BCUT2D eigenvalue weighted by Gasteiger charge is -2.19. The molecule has 0 bridgehead atoms. The Morgan fingerprint density at radius 3 is 2.79 bits per heavy atom. The van der Waals surface area contributed by atoms with E-state index in [1.165, 1.54) is 12.1 Å². The fraction of sp³-hybridized carbons (Fsp3) is 0.524. The number of anilines is 1. The molecular weight excluding hydrogens is 418 g/mol. The lowest BCUT2D eigenvalue weighted by molar-refractivity contribution is 0.376. The molecule has 28 heavy (non-hydrogen) atoms. The van der Waals surface area contributed by atoms with Crippen LogP contribution in [0.15, 0.2) is 44.3 Å². The van der Waals surface area contributed by atoms with E-state index in [9.17, 15) is 0 Å². The minimum absolute atomic E-state index is 0.365. The molecule has 1 aliphatic rings. The number of halogens is 1. The van der Waals surface area contributed by atoms with Crippen LogP contribution >= 0.6 is 15.9 Å². The standard InChI is InChI=1S/C21H30BrN5O/c1-4-23-21(25-13-19-11-20(15(2)3)26-28-19)24-12-16-9-10-27(14-16)18-7-5-17(22)6-8-18/h5-8,11,15-16H,4,9-10,12-14H2,1-3H3,(H2,23,24,25). The Bertz CT molecular complexity index is 771. The Labute approximate surface area is 175 Å². The van der Waals surface area contributed by atoms with E-state index >= 15 is 0 Å². The molecule has 2 heterocycles. The Morgan fingerprint density at radius 1 is 1.32 bits per heavy atom. The first-order valence-corrected chi connectivity index (χ1v) is 10.8. The maximum absolute atomic E-state index is 5.38. The SMILES string of the molecule is CCNC(=NCc1cc(C(C)C)no1)NCC1CCN(c2ccc(Br)cc2)C1. The van der Waals surface area contributed by atoms with Crippen LogP contribution in [0, 0.1) is 5.92 Å². The molecule has 6 nitrogen and oxygen atoms in total. The zero-order chi connectivity index (χ0) is 19.9. The van der Waals surface area contributed by atoms with Crippen molar-refractivity contribution in [1.29, 1.82) is 0 Å². The largest absolute Gasteiger partial charge is 0.371 e. The molecule has 1 unspecified atom stereocenters. The van der Waals surface area contributed by atoms with E-state index < -0.39 is 0 Å². The number of nitrogens with one attached hydrogen (secondary N) is 2. The zero-order valence-corrected chi connectivity index (χ0v) is 18.5. The molecule has 2 aromatic rings. The molecule has 1 atom stereocenters. The molecule has 0 spiro atoms. The molecule has 3 rings (SSSR count). The van der Waals surface area contributed by atoms with Crippen LogP contribution in [0.3, 0.4) is 0 Å². The molecule has 0 radical (unpaired) electrons. The van der Waals surface area contributed by atoms with Gasteiger partial charge >= 0.3 is 0 Å². The number of hydrogen-bond acceptors (Lipinski definition) is 4. The summed E-state index contributed by atoms with van der Waals surface area (Å²) >= 11 is 3.50. The van der Waals surface area contributed by atoms with E-state index in [0.29, 0.717) is 18.4 Å². The summed E-state index contributed by atoms with van der Waals surface area (Å²) in [7, 11) is 0. The molecule has 1 aromatic heterocycles. The number of aromatic nitrogens is 1. The van der Waals surface area contributed by atoms with Gasteiger partial charge in [-0.15, -0.1) is 0 Å². The van der Waals surface area contributed by atoms with Crippen LogP contribution in [0.2, 0.25) is 0 Å². The second-order valence-corrected chi connectivity index (χ2v) is 8.44. The quantitative estimate of drug-likeness (QED) is 0.492. The van der Waals surface area contributed by atoms with Gasteiger partial charge in [-0.2, -0.15) is 0 Å². The third-order valence-corrected chi connectivity index (χ3v) is 5.47. The van der Waals surface area contributed by atoms with Gasteiger partial charge in [0.15, 0.2) is 11.7 Å². The molecule has 1 fully saturated rings. The van der Waals surface area contributed by atoms with Crippen molar-refractivity contribution in [2.24, 2.45) is 10.9 Å². The predicted molar refractivity (Wildman–Crippen MR) is 118 cm³/mol. The number of guanidine groups is 1. The molecule has 1 aromatic carbocycles. The van der Waals surface area contributed by atoms with Crippen LogP contribution in [-0.2, 0) is 6.54 Å². The Kier molecular flexibility index (Phi) is 7.36. The Morgan fingerprint density at radius 2 is 2.11 bits per heavy atom. The Balaban J connectivity index is 1.51. The molecule has 1 saturated heterocycles. The van der Waals surface area contributed by atoms with Crippen LogP contribution in [0.5, 0.6) is 0 Å². The first kappa shape index (κ1) is 20.7. The lowest BCUT2D eigenvalue weighted by Crippen LogP contribution is -2.40. The molecule has 152 valence electrons. The van der Waals surface area contributed by atoms with Gasteiger partial charge in [0.05, 0.1) is 5.69 Å². The van der Waals surface area contributed by atoms with Gasteiger partial charge in [0.2, 0.25) is 0 Å². The van der Waals surface area contributed by atoms with Gasteiger partial charge in [-0.25, -0.2) is 4.99 Å². The van der Waals surface area contributed by atoms with Crippen LogP contribution in [-0.4, -0.2) is 37.3 Å². The minimum atomic E-state index is 0.365. The van der Waals surface area contributed by atoms with Gasteiger partial charge in [0.25, 0.3) is 0 Å². The molecule has 7 heteroatoms. The van der Waals surface area contributed by atoms with Gasteiger partial charge in [0.1, 0.15) is 6.54 Å². The first-order valence-electron chi connectivity index (χ1n) is 10.0. The van der Waals surface area contributed by atoms with Gasteiger partial charge < -0.3 is 20.1 Å². The van der Waals surface area contributed by atoms with Crippen molar-refractivity contribution < 1.29 is 4.52 Å². The average molecular weight is 448 g/mol. The summed E-state index contributed by atoms with van der Waals surface area (Å²) < 4.78 is 6.50. The smallest absolute Gasteiger partial charge is 0.191 e. The number of hydrogen-bond donors (Lipinski definition) is 2. The molecule has 1 aliphatic heterocycles. The molecule has 0 aliphatic carbocycles. The fourth-order valence-corrected chi connectivity index (χ4v) is 3.57. The molecule has 0 amide bonds. The summed E-state index contributed by atoms with van der Waals surface area (Å²) in [5.41, 5.74) is 2.26. The van der Waals surface area contributed by atoms with E-state index in [0.717, 1.165) is 48.1 Å². The maximum atomic E-state index is 5.38. The first-order chi connectivity index (χ1) is 13.5. The average Bonchev–Trinajstić information content (AvgIpc) is 3.34. The zero-order valence-electron chi connectivity index (χ0n) is 16.9. The topological polar surface area (TPSA) is 65.7 Å². The number of aliphatic imine (C=N–C) groups is 1. The predicted octanol–water partition coefficient (Wildman–Crippen LogP) is 4.14. The minimum Gasteiger partial charge on any atom is -0.371 e. The van der Waals surface area contributed by atoms with Crippen LogP contribution < -0.4 is 15.5 Å². The summed E-state index contributed by atoms with van der Waals surface area (Å²) in [5.74, 6) is 2.59. The summed E-state index contributed by atoms with van der Waals surface area (Å²) in [6, 6.07) is 10.5. The molecule has 2 N–H and O–H groups in total. The van der Waals surface area contributed by atoms with Crippen molar-refractivity contribution in [2.45, 2.75) is 39.7 Å². The molecular formula is C21H30BrN5O. The van der Waals surface area contributed by atoms with Crippen molar-refractivity contribution in [2.75, 3.05) is 31.1 Å². The van der Waals surface area contributed by atoms with E-state index in [-0.39, 0.29) is 0 Å². The summed E-state index contributed by atoms with van der Waals surface area (Å²) in [5, 5.41) is 10.9. The third kappa shape index (κ3) is 5.74. The highest BCUT2D eigenvalue weighted by atomic mass is 79.9. The van der Waals surface area contributed by atoms with Crippen LogP contribution in [0.25, 0.3) is 0 Å². The van der Waals surface area contributed by atoms with E-state index in [2.05, 4.69) is 86.6 Å².